The van der Waals surface area contributed by atoms with Gasteiger partial charge in [0.2, 0.25) is 0 Å². The van der Waals surface area contributed by atoms with Gasteiger partial charge in [0.15, 0.2) is 5.96 Å². The predicted octanol–water partition coefficient (Wildman–Crippen LogP) is 3.67. The van der Waals surface area contributed by atoms with E-state index in [1.54, 1.807) is 26.0 Å². The molecule has 1 heterocycles. The van der Waals surface area contributed by atoms with Crippen molar-refractivity contribution in [2.45, 2.75) is 45.2 Å². The van der Waals surface area contributed by atoms with Crippen molar-refractivity contribution < 1.29 is 4.79 Å². The van der Waals surface area contributed by atoms with Crippen molar-refractivity contribution in [3.63, 3.8) is 0 Å². The molecule has 1 fully saturated rings. The van der Waals surface area contributed by atoms with Crippen LogP contribution in [-0.2, 0) is 19.5 Å². The minimum absolute atomic E-state index is 0.0281. The molecule has 2 aromatic carbocycles. The normalized spacial score (nSPS) is 15.1. The van der Waals surface area contributed by atoms with E-state index in [0.717, 1.165) is 43.1 Å². The number of amides is 1. The number of likely N-dealkylation sites (tertiary alicyclic amines) is 1. The Balaban J connectivity index is 1.46. The first-order chi connectivity index (χ1) is 16.0. The summed E-state index contributed by atoms with van der Waals surface area (Å²) in [6.45, 7) is 4.95. The maximum Gasteiger partial charge on any atom is 0.253 e. The van der Waals surface area contributed by atoms with Crippen LogP contribution in [0.4, 0.5) is 0 Å². The second kappa shape index (κ2) is 13.0. The minimum atomic E-state index is 0.0281. The lowest BCUT2D eigenvalue weighted by molar-refractivity contribution is 0.0827. The van der Waals surface area contributed by atoms with Crippen LogP contribution in [0.2, 0.25) is 0 Å². The number of hydrogen-bond acceptors (Lipinski definition) is 3. The molecule has 0 atom stereocenters. The molecule has 0 unspecified atom stereocenters. The summed E-state index contributed by atoms with van der Waals surface area (Å²) in [4.78, 5) is 20.7. The van der Waals surface area contributed by atoms with Gasteiger partial charge in [-0.2, -0.15) is 0 Å². The molecule has 0 aliphatic carbocycles. The zero-order chi connectivity index (χ0) is 23.5. The molecule has 6 heteroatoms. The number of aliphatic imine (C=N–C) groups is 1. The number of benzene rings is 2. The third-order valence-corrected chi connectivity index (χ3v) is 6.07. The molecule has 0 radical (unpaired) electrons. The summed E-state index contributed by atoms with van der Waals surface area (Å²) in [7, 11) is 5.34. The van der Waals surface area contributed by atoms with Gasteiger partial charge in [-0.3, -0.25) is 14.7 Å². The Kier molecular flexibility index (Phi) is 9.76. The van der Waals surface area contributed by atoms with Crippen molar-refractivity contribution in [2.24, 2.45) is 4.99 Å². The quantitative estimate of drug-likeness (QED) is 0.477. The first kappa shape index (κ1) is 24.8. The van der Waals surface area contributed by atoms with Gasteiger partial charge in [0, 0.05) is 46.3 Å². The SMILES string of the molecule is CN=C(NCCc1cccc(C(=O)N(C)C)c1)NCc1cccc(CN2CCCCCC2)c1. The van der Waals surface area contributed by atoms with Crippen molar-refractivity contribution in [1.82, 2.24) is 20.4 Å². The summed E-state index contributed by atoms with van der Waals surface area (Å²) in [5, 5.41) is 6.80. The Bertz CT molecular complexity index is 916. The van der Waals surface area contributed by atoms with E-state index < -0.39 is 0 Å². The number of nitrogens with zero attached hydrogens (tertiary/aromatic N) is 3. The van der Waals surface area contributed by atoms with Crippen LogP contribution in [0.1, 0.15) is 52.7 Å². The van der Waals surface area contributed by atoms with E-state index in [2.05, 4.69) is 50.9 Å². The highest BCUT2D eigenvalue weighted by Gasteiger charge is 2.10. The predicted molar refractivity (Wildman–Crippen MR) is 137 cm³/mol. The molecule has 1 saturated heterocycles. The van der Waals surface area contributed by atoms with Crippen LogP contribution in [0.3, 0.4) is 0 Å². The lowest BCUT2D eigenvalue weighted by atomic mass is 10.1. The monoisotopic (exact) mass is 449 g/mol. The zero-order valence-electron chi connectivity index (χ0n) is 20.4. The molecule has 33 heavy (non-hydrogen) atoms. The molecule has 2 aromatic rings. The maximum atomic E-state index is 12.2. The summed E-state index contributed by atoms with van der Waals surface area (Å²) in [5.41, 5.74) is 4.50. The fourth-order valence-electron chi connectivity index (χ4n) is 4.24. The van der Waals surface area contributed by atoms with Gasteiger partial charge in [-0.05, 0) is 61.2 Å². The number of carbonyl (C=O) groups is 1. The topological polar surface area (TPSA) is 60.0 Å². The van der Waals surface area contributed by atoms with Gasteiger partial charge in [0.1, 0.15) is 0 Å². The van der Waals surface area contributed by atoms with Gasteiger partial charge in [0.25, 0.3) is 5.91 Å². The van der Waals surface area contributed by atoms with E-state index in [1.807, 2.05) is 18.2 Å². The molecule has 1 amide bonds. The van der Waals surface area contributed by atoms with E-state index in [-0.39, 0.29) is 5.91 Å². The molecule has 178 valence electrons. The van der Waals surface area contributed by atoms with Crippen LogP contribution in [0.15, 0.2) is 53.5 Å². The summed E-state index contributed by atoms with van der Waals surface area (Å²) in [6, 6.07) is 16.7. The van der Waals surface area contributed by atoms with Gasteiger partial charge in [-0.25, -0.2) is 0 Å². The number of nitrogens with one attached hydrogen (secondary N) is 2. The Morgan fingerprint density at radius 3 is 2.36 bits per heavy atom. The molecule has 0 bridgehead atoms. The fraction of sp³-hybridized carbons (Fsp3) is 0.481. The first-order valence-electron chi connectivity index (χ1n) is 12.1. The summed E-state index contributed by atoms with van der Waals surface area (Å²) < 4.78 is 0. The molecule has 3 rings (SSSR count). The lowest BCUT2D eigenvalue weighted by Crippen LogP contribution is -2.37. The molecule has 2 N–H and O–H groups in total. The highest BCUT2D eigenvalue weighted by atomic mass is 16.2. The number of carbonyl (C=O) groups excluding carboxylic acids is 1. The highest BCUT2D eigenvalue weighted by molar-refractivity contribution is 5.94. The van der Waals surface area contributed by atoms with E-state index in [0.29, 0.717) is 0 Å². The molecule has 6 nitrogen and oxygen atoms in total. The average molecular weight is 450 g/mol. The minimum Gasteiger partial charge on any atom is -0.356 e. The smallest absolute Gasteiger partial charge is 0.253 e. The highest BCUT2D eigenvalue weighted by Crippen LogP contribution is 2.14. The van der Waals surface area contributed by atoms with Crippen LogP contribution < -0.4 is 10.6 Å². The van der Waals surface area contributed by atoms with Crippen molar-refractivity contribution in [1.29, 1.82) is 0 Å². The third-order valence-electron chi connectivity index (χ3n) is 6.07. The van der Waals surface area contributed by atoms with E-state index in [1.165, 1.54) is 49.9 Å². The van der Waals surface area contributed by atoms with Crippen LogP contribution in [0, 0.1) is 0 Å². The Morgan fingerprint density at radius 2 is 1.64 bits per heavy atom. The number of guanidine groups is 1. The van der Waals surface area contributed by atoms with E-state index in [9.17, 15) is 4.79 Å². The van der Waals surface area contributed by atoms with Crippen LogP contribution >= 0.6 is 0 Å². The second-order valence-electron chi connectivity index (χ2n) is 9.01. The van der Waals surface area contributed by atoms with Crippen LogP contribution in [0.25, 0.3) is 0 Å². The molecule has 0 spiro atoms. The van der Waals surface area contributed by atoms with Gasteiger partial charge < -0.3 is 15.5 Å². The molecule has 1 aliphatic rings. The third kappa shape index (κ3) is 8.21. The van der Waals surface area contributed by atoms with E-state index >= 15 is 0 Å². The number of hydrogen-bond donors (Lipinski definition) is 2. The molecular formula is C27H39N5O. The lowest BCUT2D eigenvalue weighted by Gasteiger charge is -2.20. The van der Waals surface area contributed by atoms with E-state index in [4.69, 9.17) is 0 Å². The molecule has 0 aromatic heterocycles. The van der Waals surface area contributed by atoms with Crippen molar-refractivity contribution in [3.8, 4) is 0 Å². The Hall–Kier alpha value is -2.86. The summed E-state index contributed by atoms with van der Waals surface area (Å²) in [6.07, 6.45) is 6.19. The van der Waals surface area contributed by atoms with Crippen LogP contribution in [0.5, 0.6) is 0 Å². The standard InChI is InChI=1S/C27H39N5O/c1-28-27(29-15-14-22-10-9-13-25(19-22)26(33)31(2)3)30-20-23-11-8-12-24(18-23)21-32-16-6-4-5-7-17-32/h8-13,18-19H,4-7,14-17,20-21H2,1-3H3,(H2,28,29,30). The maximum absolute atomic E-state index is 12.2. The van der Waals surface area contributed by atoms with Crippen molar-refractivity contribution >= 4 is 11.9 Å². The largest absolute Gasteiger partial charge is 0.356 e. The Morgan fingerprint density at radius 1 is 0.939 bits per heavy atom. The molecule has 1 aliphatic heterocycles. The van der Waals surface area contributed by atoms with Gasteiger partial charge in [-0.1, -0.05) is 49.2 Å². The number of rotatable bonds is 8. The fourth-order valence-corrected chi connectivity index (χ4v) is 4.24. The van der Waals surface area contributed by atoms with Crippen molar-refractivity contribution in [2.75, 3.05) is 40.8 Å². The second-order valence-corrected chi connectivity index (χ2v) is 9.01. The average Bonchev–Trinajstić information content (AvgIpc) is 3.10. The summed E-state index contributed by atoms with van der Waals surface area (Å²) >= 11 is 0. The van der Waals surface area contributed by atoms with Gasteiger partial charge in [-0.15, -0.1) is 0 Å². The summed E-state index contributed by atoms with van der Waals surface area (Å²) in [5.74, 6) is 0.814. The molecule has 0 saturated carbocycles. The van der Waals surface area contributed by atoms with Crippen LogP contribution in [-0.4, -0.2) is 62.4 Å². The van der Waals surface area contributed by atoms with Gasteiger partial charge in [0.05, 0.1) is 0 Å². The zero-order valence-corrected chi connectivity index (χ0v) is 20.4. The Labute approximate surface area is 199 Å². The van der Waals surface area contributed by atoms with Crippen molar-refractivity contribution in [3.05, 3.63) is 70.8 Å². The molecular weight excluding hydrogens is 410 g/mol. The first-order valence-corrected chi connectivity index (χ1v) is 12.1. The van der Waals surface area contributed by atoms with Gasteiger partial charge >= 0.3 is 0 Å².